The minimum absolute atomic E-state index is 0.0264. The first-order valence-corrected chi connectivity index (χ1v) is 16.4. The van der Waals surface area contributed by atoms with Gasteiger partial charge in [-0.05, 0) is 6.92 Å². The fourth-order valence-electron chi connectivity index (χ4n) is 5.33. The number of phosphoric acid groups is 1. The molecule has 0 spiro atoms. The number of nitrogens with one attached hydrogen (secondary N) is 1. The SMILES string of the molecule is Cc1nc2c(ncn2[C@@H]2O[C@@H]3COP(=O)(O)OC4[C@@H](OCP(=O)(O)OC3[C@@H]2O)O[C@@H](n2cnc3c(N)ncnc32)[C@H]4O)c(=O)[nH]1. The van der Waals surface area contributed by atoms with Gasteiger partial charge in [-0.25, -0.2) is 29.5 Å². The minimum Gasteiger partial charge on any atom is -0.386 e. The summed E-state index contributed by atoms with van der Waals surface area (Å²) in [5.74, 6) is 0.273. The maximum absolute atomic E-state index is 13.2. The lowest BCUT2D eigenvalue weighted by atomic mass is 10.1. The molecule has 0 bridgehead atoms. The molecule has 10 atom stereocenters. The number of nitrogen functional groups attached to an aromatic ring is 1. The number of rotatable bonds is 2. The summed E-state index contributed by atoms with van der Waals surface area (Å²) in [6, 6.07) is 0. The van der Waals surface area contributed by atoms with E-state index in [-0.39, 0.29) is 34.0 Å². The molecule has 7 rings (SSSR count). The van der Waals surface area contributed by atoms with Crippen LogP contribution in [0.2, 0.25) is 0 Å². The molecule has 0 radical (unpaired) electrons. The van der Waals surface area contributed by atoms with Crippen LogP contribution in [-0.4, -0.2) is 109 Å². The van der Waals surface area contributed by atoms with Crippen LogP contribution >= 0.6 is 15.4 Å². The number of anilines is 1. The van der Waals surface area contributed by atoms with Gasteiger partial charge in [0, 0.05) is 0 Å². The van der Waals surface area contributed by atoms with Crippen molar-refractivity contribution in [2.75, 3.05) is 18.7 Å². The lowest BCUT2D eigenvalue weighted by molar-refractivity contribution is -0.168. The maximum Gasteiger partial charge on any atom is 0.472 e. The lowest BCUT2D eigenvalue weighted by Crippen LogP contribution is -2.38. The van der Waals surface area contributed by atoms with Crippen LogP contribution in [0.1, 0.15) is 18.3 Å². The Bertz CT molecular complexity index is 1930. The summed E-state index contributed by atoms with van der Waals surface area (Å²) in [5, 5.41) is 22.3. The number of aliphatic hydroxyl groups excluding tert-OH is 2. The number of aromatic amines is 1. The van der Waals surface area contributed by atoms with Crippen LogP contribution in [0.25, 0.3) is 22.3 Å². The van der Waals surface area contributed by atoms with Crippen LogP contribution < -0.4 is 11.3 Å². The molecule has 4 aromatic rings. The first-order chi connectivity index (χ1) is 21.3. The zero-order valence-electron chi connectivity index (χ0n) is 22.8. The van der Waals surface area contributed by atoms with Crippen LogP contribution in [-0.2, 0) is 36.9 Å². The molecule has 3 saturated heterocycles. The third-order valence-electron chi connectivity index (χ3n) is 7.31. The van der Waals surface area contributed by atoms with E-state index in [0.29, 0.717) is 0 Å². The van der Waals surface area contributed by atoms with Crippen molar-refractivity contribution in [2.24, 2.45) is 0 Å². The molecule has 4 unspecified atom stereocenters. The standard InChI is InChI=1S/C21H25N9O13P2/c1-7-27-17-10(18(33)28-7)26-5-30(17)19-11(31)13-8(40-19)2-39-45(36,37)43-14-12(32)20(41-21(14)38-6-44(34,35)42-13)29-4-25-9-15(22)23-3-24-16(9)29/h3-5,8,11-14,19-21,31-32H,2,6H2,1H3,(H,34,35)(H,36,37)(H2,22,23,24)(H,27,28,33)/t8-,11+,12+,13?,14?,19-,20-,21+/m1/s1. The third-order valence-corrected chi connectivity index (χ3v) is 9.34. The molecule has 0 aliphatic carbocycles. The number of hydrogen-bond donors (Lipinski definition) is 6. The maximum atomic E-state index is 13.2. The van der Waals surface area contributed by atoms with Crippen molar-refractivity contribution in [3.63, 3.8) is 0 Å². The molecule has 22 nitrogen and oxygen atoms in total. The highest BCUT2D eigenvalue weighted by Gasteiger charge is 2.54. The van der Waals surface area contributed by atoms with Gasteiger partial charge in [0.15, 0.2) is 53.8 Å². The lowest BCUT2D eigenvalue weighted by Gasteiger charge is -2.28. The van der Waals surface area contributed by atoms with E-state index in [4.69, 9.17) is 33.5 Å². The van der Waals surface area contributed by atoms with E-state index in [1.807, 2.05) is 0 Å². The molecule has 7 heterocycles. The smallest absolute Gasteiger partial charge is 0.386 e. The van der Waals surface area contributed by atoms with Crippen LogP contribution in [0.4, 0.5) is 5.82 Å². The summed E-state index contributed by atoms with van der Waals surface area (Å²) in [4.78, 5) is 56.3. The van der Waals surface area contributed by atoms with Crippen molar-refractivity contribution in [1.82, 2.24) is 39.0 Å². The first-order valence-electron chi connectivity index (χ1n) is 13.1. The number of H-pyrrole nitrogens is 1. The number of hydrogen-bond acceptors (Lipinski definition) is 17. The molecule has 242 valence electrons. The van der Waals surface area contributed by atoms with Crippen LogP contribution in [0.15, 0.2) is 23.8 Å². The van der Waals surface area contributed by atoms with Crippen molar-refractivity contribution >= 4 is 43.6 Å². The van der Waals surface area contributed by atoms with Crippen molar-refractivity contribution < 1.29 is 56.9 Å². The Morgan fingerprint density at radius 3 is 2.42 bits per heavy atom. The van der Waals surface area contributed by atoms with E-state index < -0.39 is 83.2 Å². The molecule has 3 fully saturated rings. The zero-order valence-corrected chi connectivity index (χ0v) is 24.6. The Morgan fingerprint density at radius 1 is 0.956 bits per heavy atom. The summed E-state index contributed by atoms with van der Waals surface area (Å²) in [6.45, 7) is 0.724. The summed E-state index contributed by atoms with van der Waals surface area (Å²) in [5.41, 5.74) is 5.54. The molecule has 3 aliphatic rings. The van der Waals surface area contributed by atoms with Gasteiger partial charge in [0.25, 0.3) is 5.56 Å². The number of imidazole rings is 2. The minimum atomic E-state index is -5.05. The van der Waals surface area contributed by atoms with E-state index in [1.54, 1.807) is 0 Å². The van der Waals surface area contributed by atoms with Gasteiger partial charge in [-0.1, -0.05) is 0 Å². The molecule has 0 saturated carbocycles. The fourth-order valence-corrected chi connectivity index (χ4v) is 7.29. The van der Waals surface area contributed by atoms with Gasteiger partial charge >= 0.3 is 15.4 Å². The van der Waals surface area contributed by atoms with E-state index >= 15 is 0 Å². The summed E-state index contributed by atoms with van der Waals surface area (Å²) >= 11 is 0. The average Bonchev–Trinajstić information content (AvgIpc) is 3.72. The number of aromatic nitrogens is 8. The highest BCUT2D eigenvalue weighted by molar-refractivity contribution is 7.52. The molecule has 24 heteroatoms. The largest absolute Gasteiger partial charge is 0.472 e. The van der Waals surface area contributed by atoms with Gasteiger partial charge in [-0.3, -0.25) is 32.1 Å². The quantitative estimate of drug-likeness (QED) is 0.130. The van der Waals surface area contributed by atoms with Crippen molar-refractivity contribution in [3.05, 3.63) is 35.2 Å². The van der Waals surface area contributed by atoms with Gasteiger partial charge in [0.1, 0.15) is 42.1 Å². The second-order valence-corrected chi connectivity index (χ2v) is 13.5. The molecule has 4 aromatic heterocycles. The predicted molar refractivity (Wildman–Crippen MR) is 144 cm³/mol. The normalized spacial score (nSPS) is 37.7. The van der Waals surface area contributed by atoms with E-state index in [0.717, 1.165) is 12.7 Å². The number of fused-ring (bicyclic) bond motifs is 4. The average molecular weight is 673 g/mol. The Kier molecular flexibility index (Phi) is 7.39. The first kappa shape index (κ1) is 30.4. The second-order valence-electron chi connectivity index (χ2n) is 10.3. The van der Waals surface area contributed by atoms with Crippen LogP contribution in [0.5, 0.6) is 0 Å². The number of nitrogens with zero attached hydrogens (tertiary/aromatic N) is 7. The monoisotopic (exact) mass is 673 g/mol. The molecule has 0 aromatic carbocycles. The molecular formula is C21H25N9O13P2. The molecular weight excluding hydrogens is 648 g/mol. The molecule has 7 N–H and O–H groups in total. The summed E-state index contributed by atoms with van der Waals surface area (Å²) in [6.07, 6.45) is -10.3. The summed E-state index contributed by atoms with van der Waals surface area (Å²) in [7, 11) is -9.81. The van der Waals surface area contributed by atoms with E-state index in [9.17, 15) is 33.9 Å². The van der Waals surface area contributed by atoms with Gasteiger partial charge in [0.2, 0.25) is 0 Å². The van der Waals surface area contributed by atoms with E-state index in [1.165, 1.54) is 22.4 Å². The molecule has 3 aliphatic heterocycles. The number of phosphoric ester groups is 1. The van der Waals surface area contributed by atoms with Crippen molar-refractivity contribution in [1.29, 1.82) is 0 Å². The Balaban J connectivity index is 1.17. The zero-order chi connectivity index (χ0) is 31.8. The highest BCUT2D eigenvalue weighted by atomic mass is 31.2. The third kappa shape index (κ3) is 5.37. The summed E-state index contributed by atoms with van der Waals surface area (Å²) < 4.78 is 61.4. The van der Waals surface area contributed by atoms with Crippen LogP contribution in [0, 0.1) is 6.92 Å². The van der Waals surface area contributed by atoms with Gasteiger partial charge < -0.3 is 44.9 Å². The van der Waals surface area contributed by atoms with Crippen molar-refractivity contribution in [3.8, 4) is 0 Å². The second kappa shape index (κ2) is 10.9. The predicted octanol–water partition coefficient (Wildman–Crippen LogP) is -1.62. The number of nitrogens with two attached hydrogens (primary N) is 1. The van der Waals surface area contributed by atoms with E-state index in [2.05, 4.69) is 29.9 Å². The fraction of sp³-hybridized carbons (Fsp3) is 0.524. The number of ether oxygens (including phenoxy) is 3. The molecule has 45 heavy (non-hydrogen) atoms. The number of aryl methyl sites for hydroxylation is 1. The van der Waals surface area contributed by atoms with Gasteiger partial charge in [-0.15, -0.1) is 0 Å². The topological polar surface area (TPSA) is 304 Å². The Morgan fingerprint density at radius 2 is 1.64 bits per heavy atom. The van der Waals surface area contributed by atoms with Crippen LogP contribution in [0.3, 0.4) is 0 Å². The van der Waals surface area contributed by atoms with Crippen molar-refractivity contribution in [2.45, 2.75) is 56.2 Å². The highest BCUT2D eigenvalue weighted by Crippen LogP contribution is 2.53. The van der Waals surface area contributed by atoms with Gasteiger partial charge in [0.05, 0.1) is 19.3 Å². The molecule has 0 amide bonds. The Hall–Kier alpha value is -3.24. The number of aliphatic hydroxyl groups is 2. The van der Waals surface area contributed by atoms with Gasteiger partial charge in [-0.2, -0.15) is 0 Å². The Labute approximate surface area is 249 Å².